The fraction of sp³-hybridized carbons (Fsp3) is 0.250. The Hall–Kier alpha value is -2.29. The quantitative estimate of drug-likeness (QED) is 0.396. The summed E-state index contributed by atoms with van der Waals surface area (Å²) in [6.45, 7) is 0. The van der Waals surface area contributed by atoms with Gasteiger partial charge in [0.1, 0.15) is 7.11 Å². The number of halogens is 7. The van der Waals surface area contributed by atoms with Crippen molar-refractivity contribution in [2.24, 2.45) is 5.16 Å². The molecule has 0 fully saturated rings. The number of hydrogen-bond acceptors (Lipinski definition) is 3. The Bertz CT molecular complexity index is 800. The highest BCUT2D eigenvalue weighted by atomic mass is 35.5. The van der Waals surface area contributed by atoms with Crippen molar-refractivity contribution in [1.29, 1.82) is 0 Å². The molecule has 0 spiro atoms. The van der Waals surface area contributed by atoms with Crippen LogP contribution in [0.3, 0.4) is 0 Å². The molecule has 0 atom stereocenters. The molecule has 26 heavy (non-hydrogen) atoms. The van der Waals surface area contributed by atoms with Crippen LogP contribution in [0.2, 0.25) is 5.02 Å². The van der Waals surface area contributed by atoms with Crippen LogP contribution in [-0.2, 0) is 23.6 Å². The Balaban J connectivity index is 2.31. The average molecular weight is 397 g/mol. The molecule has 1 heterocycles. The van der Waals surface area contributed by atoms with Crippen molar-refractivity contribution < 1.29 is 31.2 Å². The van der Waals surface area contributed by atoms with Gasteiger partial charge in [-0.3, -0.25) is 4.98 Å². The van der Waals surface area contributed by atoms with Crippen LogP contribution in [0, 0.1) is 0 Å². The summed E-state index contributed by atoms with van der Waals surface area (Å²) < 4.78 is 75.8. The SMILES string of the molecule is CON=C(Cc1ncc(C(F)(F)F)cc1Cl)c1ccc(C(F)(F)F)cc1. The largest absolute Gasteiger partial charge is 0.417 e. The lowest BCUT2D eigenvalue weighted by Gasteiger charge is -2.11. The zero-order valence-electron chi connectivity index (χ0n) is 13.1. The van der Waals surface area contributed by atoms with Crippen LogP contribution in [0.4, 0.5) is 26.3 Å². The number of benzene rings is 1. The first-order chi connectivity index (χ1) is 12.0. The summed E-state index contributed by atoms with van der Waals surface area (Å²) in [6, 6.07) is 4.81. The number of hydrogen-bond donors (Lipinski definition) is 0. The molecule has 2 rings (SSSR count). The third-order valence-corrected chi connectivity index (χ3v) is 3.65. The summed E-state index contributed by atoms with van der Waals surface area (Å²) in [6.07, 6.45) is -8.59. The second-order valence-electron chi connectivity index (χ2n) is 5.12. The second kappa shape index (κ2) is 7.53. The molecule has 0 saturated heterocycles. The summed E-state index contributed by atoms with van der Waals surface area (Å²) in [5, 5.41) is 3.47. The van der Waals surface area contributed by atoms with Gasteiger partial charge in [-0.15, -0.1) is 0 Å². The first-order valence-corrected chi connectivity index (χ1v) is 7.39. The van der Waals surface area contributed by atoms with E-state index in [1.165, 1.54) is 19.2 Å². The van der Waals surface area contributed by atoms with Crippen LogP contribution in [0.15, 0.2) is 41.7 Å². The van der Waals surface area contributed by atoms with Gasteiger partial charge in [0.25, 0.3) is 0 Å². The Labute approximate surface area is 149 Å². The maximum absolute atomic E-state index is 12.6. The summed E-state index contributed by atoms with van der Waals surface area (Å²) in [5.41, 5.74) is -1.32. The Morgan fingerprint density at radius 2 is 1.62 bits per heavy atom. The van der Waals surface area contributed by atoms with Crippen molar-refractivity contribution in [2.75, 3.05) is 7.11 Å². The molecule has 0 saturated carbocycles. The van der Waals surface area contributed by atoms with Crippen LogP contribution in [-0.4, -0.2) is 17.8 Å². The van der Waals surface area contributed by atoms with Crippen molar-refractivity contribution in [1.82, 2.24) is 4.98 Å². The third kappa shape index (κ3) is 4.87. The van der Waals surface area contributed by atoms with Crippen molar-refractivity contribution in [2.45, 2.75) is 18.8 Å². The molecular formula is C16H11ClF6N2O. The Morgan fingerprint density at radius 3 is 2.08 bits per heavy atom. The standard InChI is InChI=1S/C16H11ClF6N2O/c1-26-25-13(9-2-4-10(5-3-9)15(18,19)20)7-14-12(17)6-11(8-24-14)16(21,22)23/h2-6,8H,7H2,1H3. The highest BCUT2D eigenvalue weighted by molar-refractivity contribution is 6.31. The predicted molar refractivity (Wildman–Crippen MR) is 82.9 cm³/mol. The molecule has 2 aromatic rings. The number of aromatic nitrogens is 1. The highest BCUT2D eigenvalue weighted by Gasteiger charge is 2.32. The van der Waals surface area contributed by atoms with Gasteiger partial charge in [0.15, 0.2) is 0 Å². The maximum atomic E-state index is 12.6. The lowest BCUT2D eigenvalue weighted by molar-refractivity contribution is -0.138. The van der Waals surface area contributed by atoms with E-state index in [-0.39, 0.29) is 28.4 Å². The Kier molecular flexibility index (Phi) is 5.80. The van der Waals surface area contributed by atoms with E-state index in [2.05, 4.69) is 15.0 Å². The molecule has 0 bridgehead atoms. The zero-order chi connectivity index (χ0) is 19.5. The molecule has 0 N–H and O–H groups in total. The second-order valence-corrected chi connectivity index (χ2v) is 5.53. The molecule has 0 amide bonds. The molecule has 0 aliphatic rings. The van der Waals surface area contributed by atoms with Gasteiger partial charge in [-0.25, -0.2) is 0 Å². The minimum absolute atomic E-state index is 0.0790. The van der Waals surface area contributed by atoms with Crippen molar-refractivity contribution in [3.8, 4) is 0 Å². The summed E-state index contributed by atoms with van der Waals surface area (Å²) in [7, 11) is 1.23. The van der Waals surface area contributed by atoms with Crippen LogP contribution in [0.5, 0.6) is 0 Å². The minimum Gasteiger partial charge on any atom is -0.399 e. The first kappa shape index (κ1) is 20.0. The number of oxime groups is 1. The normalized spacial score (nSPS) is 13.0. The van der Waals surface area contributed by atoms with Gasteiger partial charge in [-0.1, -0.05) is 28.9 Å². The first-order valence-electron chi connectivity index (χ1n) is 7.01. The summed E-state index contributed by atoms with van der Waals surface area (Å²) in [5.74, 6) is 0. The fourth-order valence-corrected chi connectivity index (χ4v) is 2.29. The highest BCUT2D eigenvalue weighted by Crippen LogP contribution is 2.32. The number of alkyl halides is 6. The van der Waals surface area contributed by atoms with E-state index < -0.39 is 23.5 Å². The third-order valence-electron chi connectivity index (χ3n) is 3.33. The molecule has 0 radical (unpaired) electrons. The van der Waals surface area contributed by atoms with Gasteiger partial charge >= 0.3 is 12.4 Å². The number of nitrogens with zero attached hydrogens (tertiary/aromatic N) is 2. The topological polar surface area (TPSA) is 34.5 Å². The molecule has 0 aliphatic heterocycles. The molecule has 140 valence electrons. The zero-order valence-corrected chi connectivity index (χ0v) is 13.9. The molecule has 0 unspecified atom stereocenters. The van der Waals surface area contributed by atoms with Gasteiger partial charge in [0, 0.05) is 12.6 Å². The average Bonchev–Trinajstić information content (AvgIpc) is 2.54. The van der Waals surface area contributed by atoms with Gasteiger partial charge in [0.05, 0.1) is 27.6 Å². The van der Waals surface area contributed by atoms with Gasteiger partial charge in [0.2, 0.25) is 0 Å². The van der Waals surface area contributed by atoms with Crippen LogP contribution in [0.25, 0.3) is 0 Å². The molecule has 3 nitrogen and oxygen atoms in total. The maximum Gasteiger partial charge on any atom is 0.417 e. The van der Waals surface area contributed by atoms with E-state index in [0.29, 0.717) is 6.20 Å². The molecule has 0 aliphatic carbocycles. The van der Waals surface area contributed by atoms with Crippen LogP contribution >= 0.6 is 11.6 Å². The summed E-state index contributed by atoms with van der Waals surface area (Å²) >= 11 is 5.85. The van der Waals surface area contributed by atoms with Gasteiger partial charge in [-0.2, -0.15) is 26.3 Å². The van der Waals surface area contributed by atoms with E-state index in [0.717, 1.165) is 18.2 Å². The molecule has 10 heteroatoms. The van der Waals surface area contributed by atoms with E-state index in [4.69, 9.17) is 11.6 Å². The van der Waals surface area contributed by atoms with Crippen molar-refractivity contribution in [3.63, 3.8) is 0 Å². The van der Waals surface area contributed by atoms with Crippen molar-refractivity contribution >= 4 is 17.3 Å². The lowest BCUT2D eigenvalue weighted by Crippen LogP contribution is -2.11. The molecule has 1 aromatic heterocycles. The smallest absolute Gasteiger partial charge is 0.399 e. The van der Waals surface area contributed by atoms with E-state index in [1.54, 1.807) is 0 Å². The number of pyridine rings is 1. The summed E-state index contributed by atoms with van der Waals surface area (Å²) in [4.78, 5) is 8.34. The molecule has 1 aromatic carbocycles. The van der Waals surface area contributed by atoms with Gasteiger partial charge in [-0.05, 0) is 23.8 Å². The van der Waals surface area contributed by atoms with Gasteiger partial charge < -0.3 is 4.84 Å². The van der Waals surface area contributed by atoms with E-state index in [9.17, 15) is 26.3 Å². The van der Waals surface area contributed by atoms with E-state index in [1.807, 2.05) is 0 Å². The predicted octanol–water partition coefficient (Wildman–Crippen LogP) is 5.37. The fourth-order valence-electron chi connectivity index (χ4n) is 2.06. The number of rotatable bonds is 4. The van der Waals surface area contributed by atoms with E-state index >= 15 is 0 Å². The molecular weight excluding hydrogens is 386 g/mol. The monoisotopic (exact) mass is 396 g/mol. The van der Waals surface area contributed by atoms with Crippen LogP contribution in [0.1, 0.15) is 22.4 Å². The minimum atomic E-state index is -4.59. The van der Waals surface area contributed by atoms with Crippen LogP contribution < -0.4 is 0 Å². The Morgan fingerprint density at radius 1 is 1.04 bits per heavy atom. The lowest BCUT2D eigenvalue weighted by atomic mass is 10.0. The van der Waals surface area contributed by atoms with Crippen molar-refractivity contribution in [3.05, 3.63) is 63.9 Å².